The fourth-order valence-corrected chi connectivity index (χ4v) is 3.63. The van der Waals surface area contributed by atoms with Crippen LogP contribution in [0, 0.1) is 11.6 Å². The van der Waals surface area contributed by atoms with E-state index in [2.05, 4.69) is 25.7 Å². The molecule has 12 heteroatoms. The third kappa shape index (κ3) is 5.66. The zero-order chi connectivity index (χ0) is 21.5. The molecule has 0 bridgehead atoms. The second-order valence-corrected chi connectivity index (χ2v) is 7.31. The molecule has 0 saturated carbocycles. The Morgan fingerprint density at radius 1 is 1.17 bits per heavy atom. The van der Waals surface area contributed by atoms with Gasteiger partial charge in [0.25, 0.3) is 0 Å². The minimum atomic E-state index is -1.07. The Kier molecular flexibility index (Phi) is 7.57. The van der Waals surface area contributed by atoms with Crippen LogP contribution in [0.15, 0.2) is 23.4 Å². The predicted octanol–water partition coefficient (Wildman–Crippen LogP) is 1.26. The summed E-state index contributed by atoms with van der Waals surface area (Å²) < 4.78 is 33.4. The zero-order valence-corrected chi connectivity index (χ0v) is 17.2. The highest BCUT2D eigenvalue weighted by atomic mass is 32.2. The van der Waals surface area contributed by atoms with Crippen LogP contribution in [0.5, 0.6) is 0 Å². The van der Waals surface area contributed by atoms with Crippen LogP contribution in [0.2, 0.25) is 0 Å². The van der Waals surface area contributed by atoms with Gasteiger partial charge in [-0.2, -0.15) is 0 Å². The van der Waals surface area contributed by atoms with Crippen molar-refractivity contribution in [3.63, 3.8) is 0 Å². The first-order valence-corrected chi connectivity index (χ1v) is 10.4. The normalized spacial score (nSPS) is 13.9. The molecular formula is C18H22F2N6O3S. The first-order chi connectivity index (χ1) is 14.5. The van der Waals surface area contributed by atoms with Crippen molar-refractivity contribution in [1.82, 2.24) is 20.1 Å². The molecule has 0 spiro atoms. The molecule has 2 heterocycles. The first-order valence-electron chi connectivity index (χ1n) is 9.38. The standard InChI is InChI=1S/C18H22F2N6O3S/c1-2-26-17(25-5-7-29-8-6-25)23-24-18(26)30-11-16(28)21-10-15(27)22-12-3-4-13(19)14(20)9-12/h3-4,9H,2,5-8,10-11H2,1H3,(H,21,28)(H,22,27). The number of morpholine rings is 1. The highest BCUT2D eigenvalue weighted by Crippen LogP contribution is 2.22. The van der Waals surface area contributed by atoms with Crippen molar-refractivity contribution < 1.29 is 23.1 Å². The number of amides is 2. The van der Waals surface area contributed by atoms with Crippen LogP contribution in [-0.2, 0) is 20.9 Å². The largest absolute Gasteiger partial charge is 0.378 e. The predicted molar refractivity (Wildman–Crippen MR) is 107 cm³/mol. The van der Waals surface area contributed by atoms with E-state index < -0.39 is 17.5 Å². The number of rotatable bonds is 8. The third-order valence-electron chi connectivity index (χ3n) is 4.29. The van der Waals surface area contributed by atoms with Crippen molar-refractivity contribution in [3.05, 3.63) is 29.8 Å². The van der Waals surface area contributed by atoms with E-state index in [4.69, 9.17) is 4.74 Å². The summed E-state index contributed by atoms with van der Waals surface area (Å²) in [5.74, 6) is -2.18. The number of carbonyl (C=O) groups is 2. The highest BCUT2D eigenvalue weighted by Gasteiger charge is 2.20. The molecular weight excluding hydrogens is 418 g/mol. The molecule has 2 N–H and O–H groups in total. The van der Waals surface area contributed by atoms with Gasteiger partial charge in [0.1, 0.15) is 0 Å². The lowest BCUT2D eigenvalue weighted by atomic mass is 10.3. The number of thioether (sulfide) groups is 1. The molecule has 2 aromatic rings. The Balaban J connectivity index is 1.46. The summed E-state index contributed by atoms with van der Waals surface area (Å²) in [6.07, 6.45) is 0. The quantitative estimate of drug-likeness (QED) is 0.596. The molecule has 1 aromatic heterocycles. The second kappa shape index (κ2) is 10.3. The minimum absolute atomic E-state index is 0.0553. The van der Waals surface area contributed by atoms with E-state index in [-0.39, 0.29) is 23.9 Å². The fraction of sp³-hybridized carbons (Fsp3) is 0.444. The Morgan fingerprint density at radius 3 is 2.63 bits per heavy atom. The molecule has 1 saturated heterocycles. The second-order valence-electron chi connectivity index (χ2n) is 6.37. The van der Waals surface area contributed by atoms with Gasteiger partial charge in [-0.15, -0.1) is 10.2 Å². The van der Waals surface area contributed by atoms with E-state index >= 15 is 0 Å². The van der Waals surface area contributed by atoms with Crippen molar-refractivity contribution in [1.29, 1.82) is 0 Å². The molecule has 1 aliphatic rings. The Hall–Kier alpha value is -2.73. The number of nitrogens with one attached hydrogen (secondary N) is 2. The number of aromatic nitrogens is 3. The Labute approximate surface area is 176 Å². The molecule has 0 atom stereocenters. The van der Waals surface area contributed by atoms with Gasteiger partial charge in [0.05, 0.1) is 25.5 Å². The van der Waals surface area contributed by atoms with Crippen LogP contribution in [0.1, 0.15) is 6.92 Å². The fourth-order valence-electron chi connectivity index (χ4n) is 2.80. The van der Waals surface area contributed by atoms with Crippen molar-refractivity contribution in [2.75, 3.05) is 48.8 Å². The van der Waals surface area contributed by atoms with Gasteiger partial charge in [0.15, 0.2) is 16.8 Å². The summed E-state index contributed by atoms with van der Waals surface area (Å²) in [5, 5.41) is 13.9. The number of halogens is 2. The van der Waals surface area contributed by atoms with E-state index in [1.165, 1.54) is 17.8 Å². The van der Waals surface area contributed by atoms with Gasteiger partial charge in [0, 0.05) is 31.4 Å². The SMILES string of the molecule is CCn1c(SCC(=O)NCC(=O)Nc2ccc(F)c(F)c2)nnc1N1CCOCC1. The van der Waals surface area contributed by atoms with Crippen molar-refractivity contribution in [3.8, 4) is 0 Å². The van der Waals surface area contributed by atoms with E-state index in [9.17, 15) is 18.4 Å². The summed E-state index contributed by atoms with van der Waals surface area (Å²) in [5.41, 5.74) is 0.106. The molecule has 162 valence electrons. The van der Waals surface area contributed by atoms with Crippen LogP contribution in [0.25, 0.3) is 0 Å². The molecule has 30 heavy (non-hydrogen) atoms. The monoisotopic (exact) mass is 440 g/mol. The highest BCUT2D eigenvalue weighted by molar-refractivity contribution is 7.99. The van der Waals surface area contributed by atoms with Crippen LogP contribution in [-0.4, -0.2) is 65.2 Å². The Morgan fingerprint density at radius 2 is 1.93 bits per heavy atom. The van der Waals surface area contributed by atoms with Crippen LogP contribution >= 0.6 is 11.8 Å². The number of ether oxygens (including phenoxy) is 1. The summed E-state index contributed by atoms with van der Waals surface area (Å²) in [6.45, 7) is 5.06. The van der Waals surface area contributed by atoms with E-state index in [1.54, 1.807) is 0 Å². The lowest BCUT2D eigenvalue weighted by Crippen LogP contribution is -2.38. The topological polar surface area (TPSA) is 101 Å². The molecule has 0 aliphatic carbocycles. The smallest absolute Gasteiger partial charge is 0.243 e. The maximum absolute atomic E-state index is 13.2. The van der Waals surface area contributed by atoms with Gasteiger partial charge < -0.3 is 20.3 Å². The maximum Gasteiger partial charge on any atom is 0.243 e. The van der Waals surface area contributed by atoms with E-state index in [0.29, 0.717) is 24.9 Å². The minimum Gasteiger partial charge on any atom is -0.378 e. The van der Waals surface area contributed by atoms with Gasteiger partial charge in [-0.25, -0.2) is 8.78 Å². The van der Waals surface area contributed by atoms with Crippen LogP contribution < -0.4 is 15.5 Å². The van der Waals surface area contributed by atoms with Crippen molar-refractivity contribution in [2.45, 2.75) is 18.6 Å². The summed E-state index contributed by atoms with van der Waals surface area (Å²) >= 11 is 1.22. The zero-order valence-electron chi connectivity index (χ0n) is 16.4. The average Bonchev–Trinajstić information content (AvgIpc) is 3.17. The van der Waals surface area contributed by atoms with Crippen molar-refractivity contribution in [2.24, 2.45) is 0 Å². The van der Waals surface area contributed by atoms with E-state index in [0.717, 1.165) is 31.2 Å². The van der Waals surface area contributed by atoms with Gasteiger partial charge in [0.2, 0.25) is 17.8 Å². The molecule has 3 rings (SSSR count). The molecule has 1 aromatic carbocycles. The molecule has 0 unspecified atom stereocenters. The average molecular weight is 440 g/mol. The molecule has 2 amide bonds. The first kappa shape index (κ1) is 22.0. The molecule has 0 radical (unpaired) electrons. The van der Waals surface area contributed by atoms with Gasteiger partial charge >= 0.3 is 0 Å². The number of carbonyl (C=O) groups excluding carboxylic acids is 2. The lowest BCUT2D eigenvalue weighted by Gasteiger charge is -2.27. The maximum atomic E-state index is 13.2. The third-order valence-corrected chi connectivity index (χ3v) is 5.26. The lowest BCUT2D eigenvalue weighted by molar-refractivity contribution is -0.122. The number of hydrogen-bond acceptors (Lipinski definition) is 7. The van der Waals surface area contributed by atoms with Crippen molar-refractivity contribution >= 4 is 35.2 Å². The summed E-state index contributed by atoms with van der Waals surface area (Å²) in [4.78, 5) is 26.0. The van der Waals surface area contributed by atoms with Gasteiger partial charge in [-0.3, -0.25) is 14.2 Å². The van der Waals surface area contributed by atoms with Gasteiger partial charge in [-0.05, 0) is 19.1 Å². The molecule has 9 nitrogen and oxygen atoms in total. The molecule has 1 fully saturated rings. The van der Waals surface area contributed by atoms with Crippen LogP contribution in [0.4, 0.5) is 20.4 Å². The number of benzene rings is 1. The van der Waals surface area contributed by atoms with Crippen LogP contribution in [0.3, 0.4) is 0 Å². The van der Waals surface area contributed by atoms with Gasteiger partial charge in [-0.1, -0.05) is 11.8 Å². The number of nitrogens with zero attached hydrogens (tertiary/aromatic N) is 4. The van der Waals surface area contributed by atoms with E-state index in [1.807, 2.05) is 11.5 Å². The molecule has 1 aliphatic heterocycles. The Bertz CT molecular complexity index is 904. The summed E-state index contributed by atoms with van der Waals surface area (Å²) in [7, 11) is 0. The summed E-state index contributed by atoms with van der Waals surface area (Å²) in [6, 6.07) is 3.02. The number of hydrogen-bond donors (Lipinski definition) is 2. The number of anilines is 2.